The van der Waals surface area contributed by atoms with Crippen LogP contribution in [0, 0.1) is 0 Å². The number of hydrogen-bond acceptors (Lipinski definition) is 3. The summed E-state index contributed by atoms with van der Waals surface area (Å²) in [5.41, 5.74) is 3.09. The number of nitrogens with zero attached hydrogens (tertiary/aromatic N) is 2. The number of carbonyl (C=O) groups is 1. The van der Waals surface area contributed by atoms with E-state index in [0.29, 0.717) is 29.6 Å². The predicted molar refractivity (Wildman–Crippen MR) is 142 cm³/mol. The molecule has 1 N–H and O–H groups in total. The first-order valence-corrected chi connectivity index (χ1v) is 12.7. The summed E-state index contributed by atoms with van der Waals surface area (Å²) in [6, 6.07) is 23.0. The van der Waals surface area contributed by atoms with E-state index in [1.807, 2.05) is 54.6 Å². The Morgan fingerprint density at radius 3 is 2.37 bits per heavy atom. The maximum absolute atomic E-state index is 12.1. The number of fused-ring (bicyclic) bond motifs is 1. The summed E-state index contributed by atoms with van der Waals surface area (Å²) < 4.78 is 8.16. The van der Waals surface area contributed by atoms with Crippen molar-refractivity contribution in [3.8, 4) is 5.75 Å². The molecule has 0 atom stereocenters. The van der Waals surface area contributed by atoms with E-state index >= 15 is 0 Å². The molecule has 4 aromatic rings. The summed E-state index contributed by atoms with van der Waals surface area (Å²) in [6.45, 7) is 1.95. The van der Waals surface area contributed by atoms with Crippen LogP contribution < -0.4 is 10.1 Å². The number of unbranched alkanes of at least 4 members (excludes halogenated alkanes) is 2. The second-order valence-corrected chi connectivity index (χ2v) is 9.31. The number of rotatable bonds is 12. The van der Waals surface area contributed by atoms with Gasteiger partial charge in [0.2, 0.25) is 5.91 Å². The summed E-state index contributed by atoms with van der Waals surface area (Å²) in [6.07, 6.45) is 4.22. The molecule has 5 nitrogen and oxygen atoms in total. The topological polar surface area (TPSA) is 56.2 Å². The number of hydrogen-bond donors (Lipinski definition) is 1. The average molecular weight is 510 g/mol. The van der Waals surface area contributed by atoms with E-state index in [-0.39, 0.29) is 5.91 Å². The first-order valence-electron chi connectivity index (χ1n) is 11.9. The average Bonchev–Trinajstić information content (AvgIpc) is 3.21. The third kappa shape index (κ3) is 7.48. The Labute approximate surface area is 216 Å². The molecule has 1 aromatic heterocycles. The minimum Gasteiger partial charge on any atom is -0.492 e. The molecule has 0 fully saturated rings. The zero-order valence-electron chi connectivity index (χ0n) is 19.6. The molecule has 7 heteroatoms. The number of ether oxygens (including phenoxy) is 1. The van der Waals surface area contributed by atoms with Crippen molar-refractivity contribution in [1.82, 2.24) is 14.9 Å². The fourth-order valence-corrected chi connectivity index (χ4v) is 4.27. The van der Waals surface area contributed by atoms with E-state index in [9.17, 15) is 4.79 Å². The quantitative estimate of drug-likeness (QED) is 0.222. The van der Waals surface area contributed by atoms with Gasteiger partial charge in [0.15, 0.2) is 0 Å². The Bertz CT molecular complexity index is 1240. The molecule has 0 radical (unpaired) electrons. The predicted octanol–water partition coefficient (Wildman–Crippen LogP) is 6.49. The van der Waals surface area contributed by atoms with E-state index in [1.54, 1.807) is 12.1 Å². The highest BCUT2D eigenvalue weighted by Crippen LogP contribution is 2.19. The molecule has 0 saturated heterocycles. The lowest BCUT2D eigenvalue weighted by atomic mass is 10.1. The zero-order chi connectivity index (χ0) is 24.5. The Balaban J connectivity index is 1.23. The number of halogens is 2. The van der Waals surface area contributed by atoms with Crippen LogP contribution in [0.5, 0.6) is 5.75 Å². The van der Waals surface area contributed by atoms with Crippen LogP contribution in [0.2, 0.25) is 10.0 Å². The summed E-state index contributed by atoms with van der Waals surface area (Å²) in [5, 5.41) is 4.38. The van der Waals surface area contributed by atoms with Crippen molar-refractivity contribution in [3.05, 3.63) is 94.2 Å². The zero-order valence-corrected chi connectivity index (χ0v) is 21.1. The molecule has 0 aliphatic carbocycles. The van der Waals surface area contributed by atoms with Crippen molar-refractivity contribution in [2.24, 2.45) is 0 Å². The van der Waals surface area contributed by atoms with Crippen molar-refractivity contribution >= 4 is 40.1 Å². The van der Waals surface area contributed by atoms with Crippen LogP contribution in [-0.4, -0.2) is 28.6 Å². The fourth-order valence-electron chi connectivity index (χ4n) is 4.01. The van der Waals surface area contributed by atoms with Gasteiger partial charge in [-0.3, -0.25) is 4.79 Å². The molecule has 0 bridgehead atoms. The van der Waals surface area contributed by atoms with Gasteiger partial charge in [0.05, 0.1) is 24.0 Å². The van der Waals surface area contributed by atoms with E-state index in [2.05, 4.69) is 16.0 Å². The molecule has 0 spiro atoms. The highest BCUT2D eigenvalue weighted by molar-refractivity contribution is 6.30. The maximum atomic E-state index is 12.1. The lowest BCUT2D eigenvalue weighted by Crippen LogP contribution is -2.26. The van der Waals surface area contributed by atoms with Gasteiger partial charge < -0.3 is 14.6 Å². The van der Waals surface area contributed by atoms with Crippen LogP contribution in [0.1, 0.15) is 30.7 Å². The van der Waals surface area contributed by atoms with Gasteiger partial charge in [0.1, 0.15) is 18.2 Å². The lowest BCUT2D eigenvalue weighted by molar-refractivity contribution is -0.120. The number of benzene rings is 3. The minimum atomic E-state index is 0.0369. The third-order valence-electron chi connectivity index (χ3n) is 5.81. The number of aryl methyl sites for hydroxylation is 1. The van der Waals surface area contributed by atoms with Crippen molar-refractivity contribution in [2.45, 2.75) is 38.6 Å². The van der Waals surface area contributed by atoms with Crippen LogP contribution in [0.3, 0.4) is 0 Å². The molecule has 1 heterocycles. The van der Waals surface area contributed by atoms with Crippen LogP contribution in [0.15, 0.2) is 72.8 Å². The van der Waals surface area contributed by atoms with Gasteiger partial charge in [-0.25, -0.2) is 4.98 Å². The van der Waals surface area contributed by atoms with Gasteiger partial charge in [-0.15, -0.1) is 0 Å². The first kappa shape index (κ1) is 25.1. The highest BCUT2D eigenvalue weighted by Gasteiger charge is 2.10. The van der Waals surface area contributed by atoms with Gasteiger partial charge in [0, 0.05) is 23.0 Å². The van der Waals surface area contributed by atoms with E-state index < -0.39 is 0 Å². The summed E-state index contributed by atoms with van der Waals surface area (Å²) in [7, 11) is 0. The SMILES string of the molecule is O=C(Cc1ccc(Cl)cc1)NCCCCCc1nc2ccccc2n1CCOc1ccc(Cl)cc1. The molecule has 0 aliphatic heterocycles. The third-order valence-corrected chi connectivity index (χ3v) is 6.31. The number of carbonyl (C=O) groups excluding carboxylic acids is 1. The van der Waals surface area contributed by atoms with Crippen LogP contribution in [0.4, 0.5) is 0 Å². The van der Waals surface area contributed by atoms with Gasteiger partial charge >= 0.3 is 0 Å². The number of aromatic nitrogens is 2. The molecule has 0 unspecified atom stereocenters. The molecular formula is C28H29Cl2N3O2. The smallest absolute Gasteiger partial charge is 0.224 e. The van der Waals surface area contributed by atoms with E-state index in [0.717, 1.165) is 60.4 Å². The molecule has 35 heavy (non-hydrogen) atoms. The van der Waals surface area contributed by atoms with Gasteiger partial charge in [-0.1, -0.05) is 53.9 Å². The number of para-hydroxylation sites is 2. The van der Waals surface area contributed by atoms with Gasteiger partial charge in [-0.05, 0) is 66.9 Å². The Morgan fingerprint density at radius 1 is 0.886 bits per heavy atom. The van der Waals surface area contributed by atoms with Gasteiger partial charge in [-0.2, -0.15) is 0 Å². The highest BCUT2D eigenvalue weighted by atomic mass is 35.5. The van der Waals surface area contributed by atoms with Crippen molar-refractivity contribution in [3.63, 3.8) is 0 Å². The first-order chi connectivity index (χ1) is 17.1. The molecular weight excluding hydrogens is 481 g/mol. The van der Waals surface area contributed by atoms with Crippen molar-refractivity contribution < 1.29 is 9.53 Å². The molecule has 0 aliphatic rings. The van der Waals surface area contributed by atoms with Crippen LogP contribution in [0.25, 0.3) is 11.0 Å². The van der Waals surface area contributed by atoms with Crippen LogP contribution in [-0.2, 0) is 24.2 Å². The minimum absolute atomic E-state index is 0.0369. The maximum Gasteiger partial charge on any atom is 0.224 e. The normalized spacial score (nSPS) is 11.0. The Morgan fingerprint density at radius 2 is 1.60 bits per heavy atom. The molecule has 3 aromatic carbocycles. The number of nitrogens with one attached hydrogen (secondary N) is 1. The molecule has 182 valence electrons. The van der Waals surface area contributed by atoms with E-state index in [1.165, 1.54) is 0 Å². The summed E-state index contributed by atoms with van der Waals surface area (Å²) >= 11 is 11.8. The van der Waals surface area contributed by atoms with Crippen molar-refractivity contribution in [1.29, 1.82) is 0 Å². The summed E-state index contributed by atoms with van der Waals surface area (Å²) in [4.78, 5) is 17.0. The Kier molecular flexibility index (Phi) is 9.04. The monoisotopic (exact) mass is 509 g/mol. The summed E-state index contributed by atoms with van der Waals surface area (Å²) in [5.74, 6) is 1.91. The molecule has 4 rings (SSSR count). The van der Waals surface area contributed by atoms with Gasteiger partial charge in [0.25, 0.3) is 0 Å². The Hall–Kier alpha value is -3.02. The standard InChI is InChI=1S/C28H29Cl2N3O2/c29-22-11-9-21(10-12-22)20-28(34)31-17-5-1-2-8-27-32-25-6-3-4-7-26(25)33(27)18-19-35-24-15-13-23(30)14-16-24/h3-4,6-7,9-16H,1-2,5,8,17-20H2,(H,31,34). The largest absolute Gasteiger partial charge is 0.492 e. The van der Waals surface area contributed by atoms with E-state index in [4.69, 9.17) is 32.9 Å². The second-order valence-electron chi connectivity index (χ2n) is 8.43. The van der Waals surface area contributed by atoms with Crippen LogP contribution >= 0.6 is 23.2 Å². The van der Waals surface area contributed by atoms with Crippen molar-refractivity contribution in [2.75, 3.05) is 13.2 Å². The second kappa shape index (κ2) is 12.6. The number of amides is 1. The fraction of sp³-hybridized carbons (Fsp3) is 0.286. The molecule has 1 amide bonds. The lowest BCUT2D eigenvalue weighted by Gasteiger charge is -2.11. The molecule has 0 saturated carbocycles. The number of imidazole rings is 1.